The van der Waals surface area contributed by atoms with Crippen LogP contribution in [0.15, 0.2) is 120 Å². The molecule has 0 aliphatic carbocycles. The van der Waals surface area contributed by atoms with Gasteiger partial charge in [0.25, 0.3) is 0 Å². The van der Waals surface area contributed by atoms with Crippen molar-refractivity contribution in [3.05, 3.63) is 138 Å². The fourth-order valence-electron chi connectivity index (χ4n) is 10.1. The van der Waals surface area contributed by atoms with Gasteiger partial charge in [-0.2, -0.15) is 0 Å². The summed E-state index contributed by atoms with van der Waals surface area (Å²) >= 11 is 5.76. The highest BCUT2D eigenvalue weighted by Gasteiger charge is 2.37. The van der Waals surface area contributed by atoms with Crippen molar-refractivity contribution in [2.45, 2.75) is 126 Å². The van der Waals surface area contributed by atoms with Crippen molar-refractivity contribution in [2.24, 2.45) is 45.3 Å². The van der Waals surface area contributed by atoms with Crippen molar-refractivity contribution in [2.75, 3.05) is 26.7 Å². The van der Waals surface area contributed by atoms with E-state index < -0.39 is 145 Å². The van der Waals surface area contributed by atoms with Crippen molar-refractivity contribution < 1.29 is 63.0 Å². The zero-order chi connectivity index (χ0) is 69.9. The maximum Gasteiger partial charge on any atom is 0.245 e. The minimum Gasteiger partial charge on any atom is -0.508 e. The van der Waals surface area contributed by atoms with Crippen molar-refractivity contribution in [1.82, 2.24) is 52.4 Å². The summed E-state index contributed by atoms with van der Waals surface area (Å²) in [6.45, 7) is 2.12. The summed E-state index contributed by atoms with van der Waals surface area (Å²) in [6.07, 6.45) is 0.0139. The minimum absolute atomic E-state index is 0.0134. The molecular formula is C64H85N17O13S. The van der Waals surface area contributed by atoms with Crippen molar-refractivity contribution in [3.8, 4) is 5.75 Å². The van der Waals surface area contributed by atoms with Crippen LogP contribution in [0.1, 0.15) is 68.2 Å². The van der Waals surface area contributed by atoms with Crippen LogP contribution in [0.2, 0.25) is 0 Å². The Morgan fingerprint density at radius 3 is 1.62 bits per heavy atom. The summed E-state index contributed by atoms with van der Waals surface area (Å²) in [4.78, 5) is 158. The van der Waals surface area contributed by atoms with Gasteiger partial charge in [0.2, 0.25) is 65.0 Å². The van der Waals surface area contributed by atoms with Gasteiger partial charge in [0.1, 0.15) is 48.0 Å². The molecule has 0 unspecified atom stereocenters. The molecular weight excluding hydrogens is 1250 g/mol. The zero-order valence-corrected chi connectivity index (χ0v) is 53.7. The summed E-state index contributed by atoms with van der Waals surface area (Å²) in [7, 11) is 1.38. The number of thiocarbonyl (C=S) groups is 1. The van der Waals surface area contributed by atoms with Gasteiger partial charge in [0.15, 0.2) is 5.96 Å². The molecule has 31 heteroatoms. The quantitative estimate of drug-likeness (QED) is 0.00807. The third-order valence-electron chi connectivity index (χ3n) is 15.0. The van der Waals surface area contributed by atoms with Crippen molar-refractivity contribution in [1.29, 1.82) is 0 Å². The number of aromatic hydroxyl groups is 1. The predicted molar refractivity (Wildman–Crippen MR) is 356 cm³/mol. The maximum absolute atomic E-state index is 14.5. The monoisotopic (exact) mass is 1330 g/mol. The standard InChI is InChI=1S/C64H85N17O13S/c1-35(2)25-49(63(94)81(3)51(19-12-24-71-64(69)70)61(93)75-44(55(68)87)27-36-13-6-4-7-14-36)74-54(86)33-73-62(95)48(28-37-15-8-5-9-16-37)79-60(92)50(34-82)80-59(91)47(31-53(67)85)78-57(89)45(29-39-32-72-43-18-11-10-17-41(39)43)77-58(90)46(30-52(66)84)76-56(88)42(65)26-38-20-22-40(83)23-21-38/h4-11,13-18,20-23,32,35,42,44-51,72,82-83H,12,19,24-31,33-34,65H2,1-3H3,(H2,66,84)(H2,67,85)(H2,68,87)(H,73,95)(H,74,86)(H,75,93)(H,76,88)(H,77,90)(H,78,89)(H,79,92)(H,80,91)(H4,69,70,71)/t42-,44+,45+,46+,47+,48+,49+,50+,51+/m1/s1. The number of hydrogen-bond donors (Lipinski definition) is 17. The van der Waals surface area contributed by atoms with Crippen LogP contribution >= 0.6 is 12.2 Å². The molecule has 5 aromatic rings. The average Bonchev–Trinajstić information content (AvgIpc) is 1.76. The Hall–Kier alpha value is -10.5. The van der Waals surface area contributed by atoms with E-state index in [1.807, 2.05) is 13.8 Å². The minimum atomic E-state index is -1.87. The number of nitrogens with zero attached hydrogens (tertiary/aromatic N) is 2. The first-order valence-corrected chi connectivity index (χ1v) is 30.9. The van der Waals surface area contributed by atoms with E-state index in [9.17, 15) is 63.0 Å². The maximum atomic E-state index is 14.5. The average molecular weight is 1330 g/mol. The molecule has 510 valence electrons. The van der Waals surface area contributed by atoms with Crippen LogP contribution in [0, 0.1) is 5.92 Å². The molecule has 0 fully saturated rings. The van der Waals surface area contributed by atoms with Gasteiger partial charge in [-0.1, -0.05) is 117 Å². The fourth-order valence-corrected chi connectivity index (χ4v) is 10.3. The fraction of sp³-hybridized carbons (Fsp3) is 0.391. The van der Waals surface area contributed by atoms with Crippen LogP contribution in [0.25, 0.3) is 10.9 Å². The lowest BCUT2D eigenvalue weighted by atomic mass is 10.00. The second kappa shape index (κ2) is 37.2. The highest BCUT2D eigenvalue weighted by molar-refractivity contribution is 7.80. The van der Waals surface area contributed by atoms with E-state index in [0.29, 0.717) is 33.2 Å². The molecule has 0 spiro atoms. The Morgan fingerprint density at radius 1 is 0.568 bits per heavy atom. The van der Waals surface area contributed by atoms with Gasteiger partial charge in [-0.05, 0) is 78.5 Å². The second-order valence-electron chi connectivity index (χ2n) is 23.1. The zero-order valence-electron chi connectivity index (χ0n) is 52.9. The van der Waals surface area contributed by atoms with E-state index in [1.165, 1.54) is 36.2 Å². The number of guanidine groups is 1. The lowest BCUT2D eigenvalue weighted by molar-refractivity contribution is -0.143. The number of phenols is 1. The van der Waals surface area contributed by atoms with Crippen molar-refractivity contribution in [3.63, 3.8) is 0 Å². The van der Waals surface area contributed by atoms with Crippen LogP contribution in [0.5, 0.6) is 5.75 Å². The summed E-state index contributed by atoms with van der Waals surface area (Å²) in [6, 6.07) is 17.3. The summed E-state index contributed by atoms with van der Waals surface area (Å²) < 4.78 is 0. The number of aliphatic imine (C=N–C) groups is 1. The number of benzene rings is 4. The van der Waals surface area contributed by atoms with E-state index in [2.05, 4.69) is 52.5 Å². The largest absolute Gasteiger partial charge is 0.508 e. The summed E-state index contributed by atoms with van der Waals surface area (Å²) in [5, 5.41) is 41.5. The number of fused-ring (bicyclic) bond motifs is 1. The van der Waals surface area contributed by atoms with Crippen LogP contribution in [-0.2, 0) is 78.4 Å². The molecule has 4 aromatic carbocycles. The Labute approximate surface area is 553 Å². The summed E-state index contributed by atoms with van der Waals surface area (Å²) in [5.41, 5.74) is 37.1. The third kappa shape index (κ3) is 24.8. The van der Waals surface area contributed by atoms with Gasteiger partial charge in [0.05, 0.1) is 43.1 Å². The first-order chi connectivity index (χ1) is 45.1. The molecule has 11 amide bonds. The first-order valence-electron chi connectivity index (χ1n) is 30.5. The first kappa shape index (κ1) is 75.2. The number of amides is 11. The van der Waals surface area contributed by atoms with Crippen LogP contribution < -0.4 is 76.9 Å². The lowest BCUT2D eigenvalue weighted by Gasteiger charge is -2.32. The van der Waals surface area contributed by atoms with E-state index in [1.54, 1.807) is 91.1 Å². The number of hydrogen-bond acceptors (Lipinski definition) is 16. The topological polar surface area (TPSA) is 512 Å². The van der Waals surface area contributed by atoms with Crippen LogP contribution in [0.4, 0.5) is 0 Å². The number of H-pyrrole nitrogens is 1. The Bertz CT molecular complexity index is 3520. The van der Waals surface area contributed by atoms with Gasteiger partial charge in [0, 0.05) is 43.5 Å². The molecule has 95 heavy (non-hydrogen) atoms. The van der Waals surface area contributed by atoms with Gasteiger partial charge in [-0.15, -0.1) is 0 Å². The molecule has 0 bridgehead atoms. The van der Waals surface area contributed by atoms with Gasteiger partial charge >= 0.3 is 0 Å². The number of aliphatic hydroxyl groups is 1. The van der Waals surface area contributed by atoms with E-state index in [4.69, 9.17) is 46.6 Å². The molecule has 0 aliphatic heterocycles. The second-order valence-corrected chi connectivity index (χ2v) is 23.5. The number of carbonyl (C=O) groups excluding carboxylic acids is 11. The van der Waals surface area contributed by atoms with Gasteiger partial charge < -0.3 is 97.0 Å². The van der Waals surface area contributed by atoms with Gasteiger partial charge in [-0.3, -0.25) is 57.7 Å². The molecule has 23 N–H and O–H groups in total. The molecule has 9 atom stereocenters. The number of likely N-dealkylation sites (N-methyl/N-ethyl adjacent to an activating group) is 1. The molecule has 30 nitrogen and oxygen atoms in total. The number of carbonyl (C=O) groups is 11. The normalized spacial score (nSPS) is 13.9. The number of aromatic amines is 1. The van der Waals surface area contributed by atoms with Crippen LogP contribution in [0.3, 0.4) is 0 Å². The Balaban J connectivity index is 1.32. The molecule has 0 aliphatic rings. The number of phenolic OH excluding ortho intramolecular Hbond substituents is 1. The molecule has 0 saturated heterocycles. The molecule has 0 saturated carbocycles. The number of aliphatic hydroxyl groups excluding tert-OH is 1. The number of rotatable bonds is 38. The number of aromatic nitrogens is 1. The van der Waals surface area contributed by atoms with Crippen molar-refractivity contribution >= 4 is 99.0 Å². The van der Waals surface area contributed by atoms with E-state index in [0.717, 1.165) is 0 Å². The van der Waals surface area contributed by atoms with E-state index >= 15 is 0 Å². The highest BCUT2D eigenvalue weighted by Crippen LogP contribution is 2.21. The molecule has 0 radical (unpaired) electrons. The molecule has 1 heterocycles. The predicted octanol–water partition coefficient (Wildman–Crippen LogP) is -3.06. The number of primary amides is 3. The number of nitrogens with two attached hydrogens (primary N) is 6. The third-order valence-corrected chi connectivity index (χ3v) is 15.5. The SMILES string of the molecule is CC(C)C[C@H](NC(=O)CNC(=S)[C@H](Cc1ccccc1)NC(=O)[C@H](CO)NC(=O)[C@H](CC(N)=O)NC(=O)[C@H](Cc1c[nH]c2ccccc12)NC(=O)[C@H](CC(N)=O)NC(=O)[C@H](N)Cc1ccc(O)cc1)C(=O)N(C)[C@@H](CCCN=C(N)N)C(=O)N[C@@H](Cc1ccccc1)C(N)=O. The Morgan fingerprint density at radius 2 is 1.06 bits per heavy atom. The number of para-hydroxylation sites is 1. The smallest absolute Gasteiger partial charge is 0.245 e. The van der Waals surface area contributed by atoms with Crippen LogP contribution in [-0.4, -0.2) is 177 Å². The molecule has 5 rings (SSSR count). The number of nitrogens with one attached hydrogen (secondary N) is 9. The van der Waals surface area contributed by atoms with Gasteiger partial charge in [-0.25, -0.2) is 0 Å². The Kier molecular flexibility index (Phi) is 29.5. The highest BCUT2D eigenvalue weighted by atomic mass is 32.1. The van der Waals surface area contributed by atoms with E-state index in [-0.39, 0.29) is 74.1 Å². The molecule has 1 aromatic heterocycles. The summed E-state index contributed by atoms with van der Waals surface area (Å²) in [5.74, 6) is -10.7. The lowest BCUT2D eigenvalue weighted by Crippen LogP contribution is -2.61.